The summed E-state index contributed by atoms with van der Waals surface area (Å²) in [5.74, 6) is 0. The molecule has 0 aliphatic heterocycles. The van der Waals surface area contributed by atoms with E-state index < -0.39 is 0 Å². The maximum absolute atomic E-state index is 4.59. The number of hydrogen-bond acceptors (Lipinski definition) is 4. The topological polar surface area (TPSA) is 43.6 Å². The van der Waals surface area contributed by atoms with Gasteiger partial charge < -0.3 is 0 Å². The van der Waals surface area contributed by atoms with Crippen molar-refractivity contribution in [3.63, 3.8) is 0 Å². The second-order valence-electron chi connectivity index (χ2n) is 4.48. The molecule has 0 N–H and O–H groups in total. The first-order valence-electron chi connectivity index (χ1n) is 4.85. The SMILES string of the molecule is CC(C)(C)c1csc(Cn2ccnn2)n1. The Morgan fingerprint density at radius 3 is 2.73 bits per heavy atom. The van der Waals surface area contributed by atoms with Gasteiger partial charge in [0.25, 0.3) is 0 Å². The first-order valence-corrected chi connectivity index (χ1v) is 5.72. The fourth-order valence-electron chi connectivity index (χ4n) is 1.18. The lowest BCUT2D eigenvalue weighted by Gasteiger charge is -2.14. The Kier molecular flexibility index (Phi) is 2.56. The minimum Gasteiger partial charge on any atom is -0.246 e. The van der Waals surface area contributed by atoms with Crippen LogP contribution in [0, 0.1) is 0 Å². The summed E-state index contributed by atoms with van der Waals surface area (Å²) in [6.07, 6.45) is 3.52. The molecule has 80 valence electrons. The van der Waals surface area contributed by atoms with Gasteiger partial charge in [-0.3, -0.25) is 0 Å². The van der Waals surface area contributed by atoms with Crippen molar-refractivity contribution in [2.24, 2.45) is 0 Å². The lowest BCUT2D eigenvalue weighted by Crippen LogP contribution is -2.12. The quantitative estimate of drug-likeness (QED) is 0.781. The molecule has 2 rings (SSSR count). The molecule has 0 aliphatic rings. The average Bonchev–Trinajstić information content (AvgIpc) is 2.73. The van der Waals surface area contributed by atoms with Gasteiger partial charge in [-0.15, -0.1) is 16.4 Å². The van der Waals surface area contributed by atoms with Crippen molar-refractivity contribution < 1.29 is 0 Å². The minimum absolute atomic E-state index is 0.122. The Morgan fingerprint density at radius 1 is 1.40 bits per heavy atom. The number of hydrogen-bond donors (Lipinski definition) is 0. The van der Waals surface area contributed by atoms with Crippen molar-refractivity contribution in [2.75, 3.05) is 0 Å². The summed E-state index contributed by atoms with van der Waals surface area (Å²) >= 11 is 1.67. The van der Waals surface area contributed by atoms with E-state index in [0.717, 1.165) is 10.7 Å². The first-order chi connectivity index (χ1) is 7.05. The molecule has 0 unspecified atom stereocenters. The predicted molar refractivity (Wildman–Crippen MR) is 59.9 cm³/mol. The smallest absolute Gasteiger partial charge is 0.114 e. The standard InChI is InChI=1S/C10H14N4S/c1-10(2,3)8-7-15-9(12-8)6-14-5-4-11-13-14/h4-5,7H,6H2,1-3H3. The maximum atomic E-state index is 4.59. The zero-order valence-corrected chi connectivity index (χ0v) is 9.95. The normalized spacial score (nSPS) is 11.9. The van der Waals surface area contributed by atoms with Crippen LogP contribution in [0.4, 0.5) is 0 Å². The van der Waals surface area contributed by atoms with Gasteiger partial charge in [-0.05, 0) is 0 Å². The van der Waals surface area contributed by atoms with Gasteiger partial charge >= 0.3 is 0 Å². The van der Waals surface area contributed by atoms with Crippen LogP contribution in [0.15, 0.2) is 17.8 Å². The van der Waals surface area contributed by atoms with Gasteiger partial charge in [0.1, 0.15) is 5.01 Å². The molecule has 0 bridgehead atoms. The molecular formula is C10H14N4S. The molecular weight excluding hydrogens is 208 g/mol. The van der Waals surface area contributed by atoms with Crippen LogP contribution in [0.25, 0.3) is 0 Å². The Hall–Kier alpha value is -1.23. The molecule has 2 aromatic rings. The average molecular weight is 222 g/mol. The molecule has 0 atom stereocenters. The highest BCUT2D eigenvalue weighted by Gasteiger charge is 2.17. The van der Waals surface area contributed by atoms with Crippen molar-refractivity contribution in [3.8, 4) is 0 Å². The molecule has 2 aromatic heterocycles. The fourth-order valence-corrected chi connectivity index (χ4v) is 2.20. The Balaban J connectivity index is 2.15. The van der Waals surface area contributed by atoms with Crippen molar-refractivity contribution in [2.45, 2.75) is 32.7 Å². The fraction of sp³-hybridized carbons (Fsp3) is 0.500. The highest BCUT2D eigenvalue weighted by atomic mass is 32.1. The third-order valence-corrected chi connectivity index (χ3v) is 2.92. The van der Waals surface area contributed by atoms with Crippen LogP contribution < -0.4 is 0 Å². The summed E-state index contributed by atoms with van der Waals surface area (Å²) in [7, 11) is 0. The lowest BCUT2D eigenvalue weighted by molar-refractivity contribution is 0.566. The zero-order chi connectivity index (χ0) is 10.9. The van der Waals surface area contributed by atoms with Gasteiger partial charge in [0.15, 0.2) is 0 Å². The van der Waals surface area contributed by atoms with Gasteiger partial charge in [0.05, 0.1) is 18.4 Å². The molecule has 0 radical (unpaired) electrons. The van der Waals surface area contributed by atoms with Crippen LogP contribution in [0.1, 0.15) is 31.5 Å². The molecule has 0 aromatic carbocycles. The van der Waals surface area contributed by atoms with E-state index in [4.69, 9.17) is 0 Å². The van der Waals surface area contributed by atoms with E-state index in [0.29, 0.717) is 6.54 Å². The number of thiazole rings is 1. The summed E-state index contributed by atoms with van der Waals surface area (Å²) in [5, 5.41) is 10.9. The predicted octanol–water partition coefficient (Wildman–Crippen LogP) is 2.08. The third kappa shape index (κ3) is 2.41. The van der Waals surface area contributed by atoms with Crippen LogP contribution in [0.5, 0.6) is 0 Å². The van der Waals surface area contributed by atoms with Crippen molar-refractivity contribution >= 4 is 11.3 Å². The van der Waals surface area contributed by atoms with E-state index in [1.807, 2.05) is 6.20 Å². The molecule has 0 saturated heterocycles. The van der Waals surface area contributed by atoms with E-state index in [1.54, 1.807) is 22.2 Å². The summed E-state index contributed by atoms with van der Waals surface area (Å²) in [4.78, 5) is 4.59. The molecule has 0 fully saturated rings. The molecule has 0 aliphatic carbocycles. The molecule has 5 heteroatoms. The lowest BCUT2D eigenvalue weighted by atomic mass is 9.93. The van der Waals surface area contributed by atoms with E-state index in [-0.39, 0.29) is 5.41 Å². The molecule has 2 heterocycles. The number of nitrogens with zero attached hydrogens (tertiary/aromatic N) is 4. The van der Waals surface area contributed by atoms with Gasteiger partial charge in [-0.2, -0.15) is 0 Å². The van der Waals surface area contributed by atoms with Gasteiger partial charge in [0.2, 0.25) is 0 Å². The summed E-state index contributed by atoms with van der Waals surface area (Å²) in [5.41, 5.74) is 1.26. The van der Waals surface area contributed by atoms with E-state index in [1.165, 1.54) is 0 Å². The number of aromatic nitrogens is 4. The van der Waals surface area contributed by atoms with E-state index in [9.17, 15) is 0 Å². The summed E-state index contributed by atoms with van der Waals surface area (Å²) < 4.78 is 1.78. The molecule has 0 amide bonds. The van der Waals surface area contributed by atoms with Crippen molar-refractivity contribution in [1.82, 2.24) is 20.0 Å². The minimum atomic E-state index is 0.122. The summed E-state index contributed by atoms with van der Waals surface area (Å²) in [6.45, 7) is 7.21. The van der Waals surface area contributed by atoms with E-state index >= 15 is 0 Å². The molecule has 4 nitrogen and oxygen atoms in total. The Morgan fingerprint density at radius 2 is 2.20 bits per heavy atom. The van der Waals surface area contributed by atoms with Crippen molar-refractivity contribution in [1.29, 1.82) is 0 Å². The summed E-state index contributed by atoms with van der Waals surface area (Å²) in [6, 6.07) is 0. The third-order valence-electron chi connectivity index (χ3n) is 2.09. The van der Waals surface area contributed by atoms with Gasteiger partial charge in [0, 0.05) is 17.0 Å². The largest absolute Gasteiger partial charge is 0.246 e. The molecule has 15 heavy (non-hydrogen) atoms. The van der Waals surface area contributed by atoms with Gasteiger partial charge in [-0.1, -0.05) is 26.0 Å². The van der Waals surface area contributed by atoms with Gasteiger partial charge in [-0.25, -0.2) is 9.67 Å². The highest BCUT2D eigenvalue weighted by molar-refractivity contribution is 7.09. The first kappa shape index (κ1) is 10.3. The van der Waals surface area contributed by atoms with Crippen LogP contribution in [0.3, 0.4) is 0 Å². The maximum Gasteiger partial charge on any atom is 0.114 e. The second kappa shape index (κ2) is 3.73. The Labute approximate surface area is 93.0 Å². The number of rotatable bonds is 2. The van der Waals surface area contributed by atoms with E-state index in [2.05, 4.69) is 41.4 Å². The Bertz CT molecular complexity index is 424. The molecule has 0 saturated carbocycles. The molecule has 0 spiro atoms. The highest BCUT2D eigenvalue weighted by Crippen LogP contribution is 2.23. The second-order valence-corrected chi connectivity index (χ2v) is 5.42. The van der Waals surface area contributed by atoms with Crippen LogP contribution in [0.2, 0.25) is 0 Å². The zero-order valence-electron chi connectivity index (χ0n) is 9.14. The monoisotopic (exact) mass is 222 g/mol. The van der Waals surface area contributed by atoms with Crippen molar-refractivity contribution in [3.05, 3.63) is 28.5 Å². The van der Waals surface area contributed by atoms with Crippen LogP contribution >= 0.6 is 11.3 Å². The van der Waals surface area contributed by atoms with Crippen LogP contribution in [-0.4, -0.2) is 20.0 Å². The van der Waals surface area contributed by atoms with Crippen LogP contribution in [-0.2, 0) is 12.0 Å².